The first-order valence-electron chi connectivity index (χ1n) is 12.4. The fourth-order valence-electron chi connectivity index (χ4n) is 3.95. The van der Waals surface area contributed by atoms with Crippen molar-refractivity contribution in [2.24, 2.45) is 0 Å². The number of likely N-dealkylation sites (N-methyl/N-ethyl adjacent to an activating group) is 1. The van der Waals surface area contributed by atoms with Crippen LogP contribution >= 0.6 is 11.3 Å². The van der Waals surface area contributed by atoms with Gasteiger partial charge in [-0.25, -0.2) is 22.9 Å². The first kappa shape index (κ1) is 32.4. The predicted molar refractivity (Wildman–Crippen MR) is 147 cm³/mol. The van der Waals surface area contributed by atoms with E-state index in [9.17, 15) is 32.7 Å². The number of quaternary nitrogens is 1. The van der Waals surface area contributed by atoms with Gasteiger partial charge in [-0.3, -0.25) is 9.59 Å². The largest absolute Gasteiger partial charge is 0.496 e. The van der Waals surface area contributed by atoms with Gasteiger partial charge >= 0.3 is 5.97 Å². The highest BCUT2D eigenvalue weighted by molar-refractivity contribution is 7.12. The first-order valence-corrected chi connectivity index (χ1v) is 13.2. The summed E-state index contributed by atoms with van der Waals surface area (Å²) in [6, 6.07) is 3.93. The summed E-state index contributed by atoms with van der Waals surface area (Å²) in [6.45, 7) is 0.553. The highest BCUT2D eigenvalue weighted by atomic mass is 32.1. The molecule has 0 unspecified atom stereocenters. The highest BCUT2D eigenvalue weighted by Gasteiger charge is 2.38. The van der Waals surface area contributed by atoms with Crippen molar-refractivity contribution in [2.45, 2.75) is 13.0 Å². The third-order valence-electron chi connectivity index (χ3n) is 6.06. The molecule has 0 saturated heterocycles. The number of methoxy groups -OCH3 is 2. The molecule has 0 radical (unpaired) electrons. The normalized spacial score (nSPS) is 12.8. The number of amides is 2. The molecule has 0 spiro atoms. The van der Waals surface area contributed by atoms with Crippen molar-refractivity contribution in [1.82, 2.24) is 0 Å². The number of anilines is 1. The Labute approximate surface area is 243 Å². The quantitative estimate of drug-likeness (QED) is 0.276. The Kier molecular flexibility index (Phi) is 10.2. The summed E-state index contributed by atoms with van der Waals surface area (Å²) < 4.78 is 59.5. The van der Waals surface area contributed by atoms with E-state index in [1.54, 1.807) is 0 Å². The van der Waals surface area contributed by atoms with Crippen LogP contribution in [0.5, 0.6) is 17.2 Å². The van der Waals surface area contributed by atoms with Gasteiger partial charge in [-0.2, -0.15) is 0 Å². The average molecular weight is 612 g/mol. The molecular weight excluding hydrogens is 581 g/mol. The Bertz CT molecular complexity index is 1500. The Morgan fingerprint density at radius 1 is 1.02 bits per heavy atom. The second-order valence-electron chi connectivity index (χ2n) is 10.0. The summed E-state index contributed by atoms with van der Waals surface area (Å²) in [6.07, 6.45) is -0.321. The summed E-state index contributed by atoms with van der Waals surface area (Å²) in [7, 11) is 8.62. The smallest absolute Gasteiger partial charge is 0.346 e. The molecule has 1 aromatic heterocycles. The third kappa shape index (κ3) is 7.01. The number of ether oxygens (including phenoxy) is 3. The van der Waals surface area contributed by atoms with Gasteiger partial charge in [0.05, 0.1) is 65.2 Å². The molecule has 0 atom stereocenters. The number of imide groups is 1. The van der Waals surface area contributed by atoms with E-state index in [-0.39, 0.29) is 51.8 Å². The number of carbonyl (C=O) groups is 3. The minimum Gasteiger partial charge on any atom is -0.496 e. The number of aliphatic hydroxyl groups is 1. The van der Waals surface area contributed by atoms with Crippen molar-refractivity contribution in [3.05, 3.63) is 68.7 Å². The molecule has 0 fully saturated rings. The van der Waals surface area contributed by atoms with E-state index in [0.717, 1.165) is 40.6 Å². The lowest BCUT2D eigenvalue weighted by Crippen LogP contribution is -2.43. The number of hydrogen-bond acceptors (Lipinski definition) is 8. The van der Waals surface area contributed by atoms with E-state index in [4.69, 9.17) is 19.3 Å². The zero-order chi connectivity index (χ0) is 31.4. The van der Waals surface area contributed by atoms with Crippen molar-refractivity contribution in [3.8, 4) is 17.2 Å². The molecule has 226 valence electrons. The van der Waals surface area contributed by atoms with Crippen molar-refractivity contribution in [1.29, 1.82) is 0 Å². The van der Waals surface area contributed by atoms with Crippen LogP contribution < -0.4 is 19.1 Å². The van der Waals surface area contributed by atoms with Crippen LogP contribution in [0.1, 0.15) is 31.2 Å². The van der Waals surface area contributed by atoms with E-state index >= 15 is 0 Å². The van der Waals surface area contributed by atoms with Gasteiger partial charge in [-0.05, 0) is 23.1 Å². The lowest BCUT2D eigenvalue weighted by Gasteiger charge is -2.26. The van der Waals surface area contributed by atoms with Crippen LogP contribution in [0.2, 0.25) is 0 Å². The summed E-state index contributed by atoms with van der Waals surface area (Å²) in [4.78, 5) is 37.6. The van der Waals surface area contributed by atoms with E-state index in [1.165, 1.54) is 25.7 Å². The van der Waals surface area contributed by atoms with E-state index in [0.29, 0.717) is 4.90 Å². The monoisotopic (exact) mass is 611 g/mol. The van der Waals surface area contributed by atoms with Gasteiger partial charge in [0.1, 0.15) is 23.8 Å². The van der Waals surface area contributed by atoms with E-state index < -0.39 is 47.5 Å². The van der Waals surface area contributed by atoms with Gasteiger partial charge < -0.3 is 28.9 Å². The third-order valence-corrected chi connectivity index (χ3v) is 7.08. The zero-order valence-electron chi connectivity index (χ0n) is 23.5. The lowest BCUT2D eigenvalue weighted by molar-refractivity contribution is -0.870. The number of rotatable bonds is 9. The Morgan fingerprint density at radius 2 is 1.69 bits per heavy atom. The first-order chi connectivity index (χ1) is 19.7. The fourth-order valence-corrected chi connectivity index (χ4v) is 4.84. The van der Waals surface area contributed by atoms with Gasteiger partial charge in [0, 0.05) is 12.1 Å². The second kappa shape index (κ2) is 13.2. The van der Waals surface area contributed by atoms with E-state index in [1.807, 2.05) is 0 Å². The molecule has 2 N–H and O–H groups in total. The summed E-state index contributed by atoms with van der Waals surface area (Å²) in [5.41, 5.74) is -0.751. The molecule has 2 aromatic carbocycles. The van der Waals surface area contributed by atoms with Crippen molar-refractivity contribution in [2.75, 3.05) is 53.4 Å². The molecule has 0 saturated carbocycles. The minimum absolute atomic E-state index is 0.00206. The molecular formula is C28H30F3N2O8S+. The number of aliphatic hydroxyl groups excluding tert-OH is 1. The number of nitrogens with zero attached hydrogens (tertiary/aromatic N) is 2. The fraction of sp³-hybridized carbons (Fsp3) is 0.321. The maximum atomic E-state index is 15.0. The maximum Gasteiger partial charge on any atom is 0.346 e. The second-order valence-corrected chi connectivity index (χ2v) is 10.9. The standard InChI is InChI=1S/C23H16F3NO7S.C5H14NO/c1-32-15-4-3-12(24)20(26)11(15)8-34-17-7-14(13(25)6-16(17)33-2)27-18(28)5-10-9-35-21(23(30)31)19(10)22(27)29;1-6(2,3)4-5-7/h3-4,6-7,9H,5,8H2,1-2H3,(H,30,31);7H,4-5H2,1-3H3/q;+1. The molecule has 3 aromatic rings. The summed E-state index contributed by atoms with van der Waals surface area (Å²) in [5.74, 6) is -6.87. The lowest BCUT2D eigenvalue weighted by atomic mass is 10.0. The number of carboxylic acid groups (broad SMARTS) is 1. The molecule has 10 nitrogen and oxygen atoms in total. The van der Waals surface area contributed by atoms with Crippen molar-refractivity contribution in [3.63, 3.8) is 0 Å². The molecule has 2 amide bonds. The van der Waals surface area contributed by atoms with Gasteiger partial charge in [-0.15, -0.1) is 11.3 Å². The van der Waals surface area contributed by atoms with Gasteiger partial charge in [-0.1, -0.05) is 0 Å². The SMILES string of the molecule is COc1cc(F)c(N2C(=O)Cc3csc(C(=O)O)c3C2=O)cc1OCc1c(OC)ccc(F)c1F.C[N+](C)(C)CCO. The molecule has 2 heterocycles. The van der Waals surface area contributed by atoms with Crippen LogP contribution in [-0.4, -0.2) is 81.0 Å². The molecule has 0 aliphatic carbocycles. The molecule has 42 heavy (non-hydrogen) atoms. The van der Waals surface area contributed by atoms with Crippen LogP contribution in [-0.2, 0) is 17.8 Å². The number of carboxylic acids is 1. The number of benzene rings is 2. The summed E-state index contributed by atoms with van der Waals surface area (Å²) in [5, 5.41) is 19.2. The molecule has 4 rings (SSSR count). The van der Waals surface area contributed by atoms with Gasteiger partial charge in [0.25, 0.3) is 5.91 Å². The van der Waals surface area contributed by atoms with Crippen LogP contribution in [0.4, 0.5) is 18.9 Å². The Hall–Kier alpha value is -4.14. The average Bonchev–Trinajstić information content (AvgIpc) is 3.34. The molecule has 1 aliphatic rings. The van der Waals surface area contributed by atoms with Crippen LogP contribution in [0.25, 0.3) is 0 Å². The number of thiophene rings is 1. The number of halogens is 3. The Balaban J connectivity index is 0.000000616. The van der Waals surface area contributed by atoms with Gasteiger partial charge in [0.2, 0.25) is 5.91 Å². The highest BCUT2D eigenvalue weighted by Crippen LogP contribution is 2.39. The minimum atomic E-state index is -1.36. The van der Waals surface area contributed by atoms with Crippen molar-refractivity contribution >= 4 is 34.8 Å². The number of hydrogen-bond donors (Lipinski definition) is 2. The predicted octanol–water partition coefficient (Wildman–Crippen LogP) is 3.87. The van der Waals surface area contributed by atoms with Crippen LogP contribution in [0, 0.1) is 17.5 Å². The number of carbonyl (C=O) groups excluding carboxylic acids is 2. The van der Waals surface area contributed by atoms with Crippen LogP contribution in [0.3, 0.4) is 0 Å². The van der Waals surface area contributed by atoms with E-state index in [2.05, 4.69) is 21.1 Å². The van der Waals surface area contributed by atoms with Crippen molar-refractivity contribution < 1.29 is 56.5 Å². The summed E-state index contributed by atoms with van der Waals surface area (Å²) >= 11 is 0.786. The number of fused-ring (bicyclic) bond motifs is 1. The van der Waals surface area contributed by atoms with Crippen LogP contribution in [0.15, 0.2) is 29.6 Å². The number of aromatic carboxylic acids is 1. The molecule has 1 aliphatic heterocycles. The molecule has 0 bridgehead atoms. The topological polar surface area (TPSA) is 123 Å². The zero-order valence-corrected chi connectivity index (χ0v) is 24.3. The maximum absolute atomic E-state index is 15.0. The Morgan fingerprint density at radius 3 is 2.24 bits per heavy atom. The van der Waals surface area contributed by atoms with Gasteiger partial charge in [0.15, 0.2) is 29.0 Å². The molecule has 14 heteroatoms.